The molecule has 1 aromatic carbocycles. The summed E-state index contributed by atoms with van der Waals surface area (Å²) in [5.41, 5.74) is 0.283. The van der Waals surface area contributed by atoms with Crippen molar-refractivity contribution in [3.05, 3.63) is 35.4 Å². The Labute approximate surface area is 139 Å². The highest BCUT2D eigenvalue weighted by atomic mass is 19.1. The monoisotopic (exact) mass is 340 g/mol. The number of carbonyl (C=O) groups excluding carboxylic acids is 1. The van der Waals surface area contributed by atoms with Gasteiger partial charge in [-0.15, -0.1) is 0 Å². The molecule has 0 unspecified atom stereocenters. The molecule has 0 bridgehead atoms. The highest BCUT2D eigenvalue weighted by Crippen LogP contribution is 2.27. The van der Waals surface area contributed by atoms with E-state index >= 15 is 0 Å². The Morgan fingerprint density at radius 2 is 2.08 bits per heavy atom. The number of amides is 1. The van der Waals surface area contributed by atoms with Gasteiger partial charge in [-0.3, -0.25) is 9.69 Å². The fourth-order valence-corrected chi connectivity index (χ4v) is 3.72. The second kappa shape index (κ2) is 7.13. The zero-order valence-corrected chi connectivity index (χ0v) is 13.4. The number of β-amino-alcohol motifs (C(OH)–C–C–N with tert-alkyl or cyclic N) is 1. The van der Waals surface area contributed by atoms with Crippen LogP contribution in [-0.2, 0) is 11.3 Å². The standard InChI is InChI=1S/C17H22F2N2O3/c18-12-4-3-11(15(19)6-12)8-20-5-1-2-16(17(20)24)21-9-14(23)7-13(21)10-22/h3-4,6,13-14,16,22-23H,1-2,5,7-10H2/t13-,14+,16-/m1/s1. The molecule has 5 nitrogen and oxygen atoms in total. The minimum atomic E-state index is -0.658. The Morgan fingerprint density at radius 3 is 2.79 bits per heavy atom. The summed E-state index contributed by atoms with van der Waals surface area (Å²) in [4.78, 5) is 16.2. The van der Waals surface area contributed by atoms with Crippen LogP contribution in [0.15, 0.2) is 18.2 Å². The van der Waals surface area contributed by atoms with E-state index in [1.165, 1.54) is 12.1 Å². The SMILES string of the molecule is O=C1[C@H](N2C[C@@H](O)C[C@@H]2CO)CCCN1Cc1ccc(F)cc1F. The van der Waals surface area contributed by atoms with Crippen molar-refractivity contribution in [2.45, 2.75) is 44.0 Å². The van der Waals surface area contributed by atoms with E-state index in [4.69, 9.17) is 0 Å². The Bertz CT molecular complexity index is 613. The minimum Gasteiger partial charge on any atom is -0.395 e. The van der Waals surface area contributed by atoms with Crippen LogP contribution in [0.4, 0.5) is 8.78 Å². The number of halogens is 2. The lowest BCUT2D eigenvalue weighted by molar-refractivity contribution is -0.141. The summed E-state index contributed by atoms with van der Waals surface area (Å²) < 4.78 is 26.9. The largest absolute Gasteiger partial charge is 0.395 e. The van der Waals surface area contributed by atoms with Gasteiger partial charge in [-0.25, -0.2) is 8.78 Å². The number of nitrogens with zero attached hydrogens (tertiary/aromatic N) is 2. The first-order valence-corrected chi connectivity index (χ1v) is 8.27. The van der Waals surface area contributed by atoms with Crippen LogP contribution >= 0.6 is 0 Å². The Kier molecular flexibility index (Phi) is 5.12. The van der Waals surface area contributed by atoms with E-state index < -0.39 is 23.8 Å². The van der Waals surface area contributed by atoms with Gasteiger partial charge >= 0.3 is 0 Å². The van der Waals surface area contributed by atoms with Crippen molar-refractivity contribution in [2.75, 3.05) is 19.7 Å². The van der Waals surface area contributed by atoms with Crippen LogP contribution in [0.1, 0.15) is 24.8 Å². The number of carbonyl (C=O) groups is 1. The molecule has 3 rings (SSSR count). The zero-order chi connectivity index (χ0) is 17.3. The Balaban J connectivity index is 1.73. The summed E-state index contributed by atoms with van der Waals surface area (Å²) in [7, 11) is 0. The van der Waals surface area contributed by atoms with E-state index in [0.717, 1.165) is 12.5 Å². The molecule has 7 heteroatoms. The van der Waals surface area contributed by atoms with Crippen LogP contribution in [0.3, 0.4) is 0 Å². The second-order valence-corrected chi connectivity index (χ2v) is 6.58. The van der Waals surface area contributed by atoms with Gasteiger partial charge in [-0.2, -0.15) is 0 Å². The van der Waals surface area contributed by atoms with Crippen LogP contribution in [0.25, 0.3) is 0 Å². The molecule has 1 aromatic rings. The van der Waals surface area contributed by atoms with Crippen LogP contribution in [0.2, 0.25) is 0 Å². The molecule has 2 heterocycles. The van der Waals surface area contributed by atoms with Crippen molar-refractivity contribution in [1.82, 2.24) is 9.80 Å². The van der Waals surface area contributed by atoms with Crippen LogP contribution in [-0.4, -0.2) is 63.8 Å². The molecule has 0 aliphatic carbocycles. The topological polar surface area (TPSA) is 64.0 Å². The van der Waals surface area contributed by atoms with Gasteiger partial charge in [0.25, 0.3) is 0 Å². The lowest BCUT2D eigenvalue weighted by Crippen LogP contribution is -2.54. The number of benzene rings is 1. The van der Waals surface area contributed by atoms with E-state index in [2.05, 4.69) is 0 Å². The van der Waals surface area contributed by atoms with Crippen molar-refractivity contribution in [3.8, 4) is 0 Å². The van der Waals surface area contributed by atoms with Crippen molar-refractivity contribution in [1.29, 1.82) is 0 Å². The first-order chi connectivity index (χ1) is 11.5. The number of rotatable bonds is 4. The van der Waals surface area contributed by atoms with Crippen LogP contribution in [0.5, 0.6) is 0 Å². The predicted molar refractivity (Wildman–Crippen MR) is 83.0 cm³/mol. The van der Waals surface area contributed by atoms with E-state index in [1.54, 1.807) is 4.90 Å². The second-order valence-electron chi connectivity index (χ2n) is 6.58. The van der Waals surface area contributed by atoms with Crippen LogP contribution in [0, 0.1) is 11.6 Å². The fraction of sp³-hybridized carbons (Fsp3) is 0.588. The third kappa shape index (κ3) is 3.43. The third-order valence-corrected chi connectivity index (χ3v) is 4.92. The molecular formula is C17H22F2N2O3. The number of piperidine rings is 1. The first-order valence-electron chi connectivity index (χ1n) is 8.27. The Morgan fingerprint density at radius 1 is 1.29 bits per heavy atom. The van der Waals surface area contributed by atoms with Crippen LogP contribution < -0.4 is 0 Å². The summed E-state index contributed by atoms with van der Waals surface area (Å²) in [6.45, 7) is 0.877. The third-order valence-electron chi connectivity index (χ3n) is 4.92. The number of likely N-dealkylation sites (tertiary alicyclic amines) is 2. The number of aliphatic hydroxyl groups is 2. The minimum absolute atomic E-state index is 0.0988. The highest BCUT2D eigenvalue weighted by molar-refractivity contribution is 5.82. The molecule has 2 fully saturated rings. The zero-order valence-electron chi connectivity index (χ0n) is 13.4. The fourth-order valence-electron chi connectivity index (χ4n) is 3.72. The normalized spacial score (nSPS) is 28.6. The van der Waals surface area contributed by atoms with Gasteiger partial charge < -0.3 is 15.1 Å². The molecule has 0 saturated carbocycles. The summed E-state index contributed by atoms with van der Waals surface area (Å²) in [6.07, 6.45) is 1.33. The molecule has 0 aromatic heterocycles. The Hall–Kier alpha value is -1.57. The van der Waals surface area contributed by atoms with Gasteiger partial charge in [0.15, 0.2) is 0 Å². The van der Waals surface area contributed by atoms with Gasteiger partial charge in [0, 0.05) is 37.3 Å². The van der Waals surface area contributed by atoms with E-state index in [0.29, 0.717) is 25.9 Å². The molecule has 0 radical (unpaired) electrons. The quantitative estimate of drug-likeness (QED) is 0.854. The highest BCUT2D eigenvalue weighted by Gasteiger charge is 2.41. The number of hydrogen-bond acceptors (Lipinski definition) is 4. The van der Waals surface area contributed by atoms with Crippen molar-refractivity contribution >= 4 is 5.91 Å². The van der Waals surface area contributed by atoms with Gasteiger partial charge in [0.2, 0.25) is 5.91 Å². The maximum atomic E-state index is 13.8. The molecule has 24 heavy (non-hydrogen) atoms. The van der Waals surface area contributed by atoms with Gasteiger partial charge in [-0.05, 0) is 25.3 Å². The van der Waals surface area contributed by atoms with Crippen molar-refractivity contribution in [2.24, 2.45) is 0 Å². The first kappa shape index (κ1) is 17.3. The smallest absolute Gasteiger partial charge is 0.240 e. The number of aliphatic hydroxyl groups excluding tert-OH is 2. The van der Waals surface area contributed by atoms with E-state index in [-0.39, 0.29) is 30.7 Å². The molecule has 0 spiro atoms. The lowest BCUT2D eigenvalue weighted by Gasteiger charge is -2.39. The predicted octanol–water partition coefficient (Wildman–Crippen LogP) is 0.883. The summed E-state index contributed by atoms with van der Waals surface area (Å²) >= 11 is 0. The van der Waals surface area contributed by atoms with E-state index in [1.807, 2.05) is 4.90 Å². The maximum Gasteiger partial charge on any atom is 0.240 e. The molecular weight excluding hydrogens is 318 g/mol. The van der Waals surface area contributed by atoms with Gasteiger partial charge in [0.05, 0.1) is 18.8 Å². The van der Waals surface area contributed by atoms with Crippen molar-refractivity contribution in [3.63, 3.8) is 0 Å². The number of hydrogen-bond donors (Lipinski definition) is 2. The van der Waals surface area contributed by atoms with E-state index in [9.17, 15) is 23.8 Å². The maximum absolute atomic E-state index is 13.8. The summed E-state index contributed by atoms with van der Waals surface area (Å²) in [5.74, 6) is -1.43. The molecule has 2 aliphatic rings. The molecule has 132 valence electrons. The average molecular weight is 340 g/mol. The summed E-state index contributed by atoms with van der Waals surface area (Å²) in [5, 5.41) is 19.3. The molecule has 3 atom stereocenters. The van der Waals surface area contributed by atoms with Gasteiger partial charge in [0.1, 0.15) is 11.6 Å². The molecule has 2 aliphatic heterocycles. The lowest BCUT2D eigenvalue weighted by atomic mass is 10.0. The van der Waals surface area contributed by atoms with Crippen molar-refractivity contribution < 1.29 is 23.8 Å². The summed E-state index contributed by atoms with van der Waals surface area (Å²) in [6, 6.07) is 2.73. The van der Waals surface area contributed by atoms with Gasteiger partial charge in [-0.1, -0.05) is 6.07 Å². The molecule has 2 saturated heterocycles. The average Bonchev–Trinajstić information content (AvgIpc) is 2.92. The molecule has 1 amide bonds. The molecule has 2 N–H and O–H groups in total.